The van der Waals surface area contributed by atoms with Gasteiger partial charge in [0, 0.05) is 25.0 Å². The fourth-order valence-corrected chi connectivity index (χ4v) is 5.21. The Morgan fingerprint density at radius 3 is 2.43 bits per heavy atom. The largest absolute Gasteiger partial charge is 0.417 e. The van der Waals surface area contributed by atoms with Crippen LogP contribution in [0.4, 0.5) is 16.2 Å². The lowest BCUT2D eigenvalue weighted by Gasteiger charge is -2.35. The Kier molecular flexibility index (Phi) is 4.48. The molecule has 0 radical (unpaired) electrons. The normalized spacial score (nSPS) is 22.5. The highest BCUT2D eigenvalue weighted by Gasteiger charge is 2.56. The van der Waals surface area contributed by atoms with E-state index in [9.17, 15) is 4.79 Å². The third-order valence-corrected chi connectivity index (χ3v) is 6.43. The van der Waals surface area contributed by atoms with Gasteiger partial charge < -0.3 is 9.64 Å². The maximum atomic E-state index is 12.4. The van der Waals surface area contributed by atoms with Gasteiger partial charge in [0.1, 0.15) is 5.75 Å². The lowest BCUT2D eigenvalue weighted by Crippen LogP contribution is -2.47. The summed E-state index contributed by atoms with van der Waals surface area (Å²) in [6, 6.07) is 26.0. The molecule has 5 heteroatoms. The van der Waals surface area contributed by atoms with Crippen molar-refractivity contribution in [2.24, 2.45) is 0 Å². The molecule has 0 bridgehead atoms. The van der Waals surface area contributed by atoms with Crippen molar-refractivity contribution in [2.75, 3.05) is 30.9 Å². The van der Waals surface area contributed by atoms with Crippen LogP contribution in [0.1, 0.15) is 17.5 Å². The summed E-state index contributed by atoms with van der Waals surface area (Å²) in [5, 5.41) is 2.78. The van der Waals surface area contributed by atoms with Crippen molar-refractivity contribution in [3.05, 3.63) is 90.0 Å². The second-order valence-corrected chi connectivity index (χ2v) is 8.11. The van der Waals surface area contributed by atoms with E-state index in [0.29, 0.717) is 11.4 Å². The van der Waals surface area contributed by atoms with Gasteiger partial charge in [-0.3, -0.25) is 10.2 Å². The Morgan fingerprint density at radius 1 is 1.00 bits per heavy atom. The Balaban J connectivity index is 1.51. The number of fused-ring (bicyclic) bond motifs is 3. The molecule has 30 heavy (non-hydrogen) atoms. The zero-order chi connectivity index (χ0) is 20.7. The Labute approximate surface area is 176 Å². The van der Waals surface area contributed by atoms with Crippen molar-refractivity contribution in [1.29, 1.82) is 0 Å². The number of hydrogen-bond acceptors (Lipinski definition) is 4. The first kappa shape index (κ1) is 18.7. The molecule has 3 aromatic carbocycles. The number of nitrogens with one attached hydrogen (secondary N) is 1. The van der Waals surface area contributed by atoms with Crippen LogP contribution in [0.2, 0.25) is 0 Å². The predicted molar refractivity (Wildman–Crippen MR) is 119 cm³/mol. The molecule has 2 aliphatic rings. The number of likely N-dealkylation sites (N-methyl/N-ethyl adjacent to an activating group) is 2. The second-order valence-electron chi connectivity index (χ2n) is 8.11. The zero-order valence-corrected chi connectivity index (χ0v) is 17.2. The first-order chi connectivity index (χ1) is 14.6. The molecule has 5 rings (SSSR count). The molecule has 0 saturated carbocycles. The van der Waals surface area contributed by atoms with Crippen molar-refractivity contribution in [3.63, 3.8) is 0 Å². The van der Waals surface area contributed by atoms with E-state index < -0.39 is 6.09 Å². The molecule has 152 valence electrons. The minimum absolute atomic E-state index is 0.143. The van der Waals surface area contributed by atoms with E-state index in [0.717, 1.165) is 13.0 Å². The number of anilines is 2. The van der Waals surface area contributed by atoms with Gasteiger partial charge >= 0.3 is 6.09 Å². The molecule has 5 nitrogen and oxygen atoms in total. The van der Waals surface area contributed by atoms with Crippen LogP contribution < -0.4 is 15.0 Å². The minimum atomic E-state index is -0.485. The average Bonchev–Trinajstić information content (AvgIpc) is 3.24. The molecule has 2 atom stereocenters. The lowest BCUT2D eigenvalue weighted by atomic mass is 9.73. The summed E-state index contributed by atoms with van der Waals surface area (Å²) in [6.07, 6.45) is 0.777. The summed E-state index contributed by atoms with van der Waals surface area (Å²) < 4.78 is 5.65. The highest BCUT2D eigenvalue weighted by molar-refractivity contribution is 5.86. The summed E-state index contributed by atoms with van der Waals surface area (Å²) in [6.45, 7) is 1.02. The molecule has 2 heterocycles. The molecule has 0 unspecified atom stereocenters. The van der Waals surface area contributed by atoms with Crippen molar-refractivity contribution in [2.45, 2.75) is 18.0 Å². The van der Waals surface area contributed by atoms with E-state index in [4.69, 9.17) is 4.74 Å². The van der Waals surface area contributed by atoms with Crippen LogP contribution in [-0.4, -0.2) is 37.8 Å². The molecule has 0 aliphatic carbocycles. The van der Waals surface area contributed by atoms with Crippen LogP contribution in [0.5, 0.6) is 5.75 Å². The van der Waals surface area contributed by atoms with Crippen LogP contribution >= 0.6 is 0 Å². The van der Waals surface area contributed by atoms with Crippen molar-refractivity contribution in [3.8, 4) is 5.75 Å². The number of amides is 1. The number of rotatable bonds is 3. The fourth-order valence-electron chi connectivity index (χ4n) is 5.21. The highest BCUT2D eigenvalue weighted by atomic mass is 16.6. The van der Waals surface area contributed by atoms with E-state index in [1.807, 2.05) is 42.5 Å². The van der Waals surface area contributed by atoms with Crippen LogP contribution in [0, 0.1) is 0 Å². The van der Waals surface area contributed by atoms with Gasteiger partial charge in [-0.25, -0.2) is 4.79 Å². The second kappa shape index (κ2) is 7.18. The molecular weight excluding hydrogens is 374 g/mol. The van der Waals surface area contributed by atoms with E-state index in [1.54, 1.807) is 0 Å². The van der Waals surface area contributed by atoms with E-state index in [1.165, 1.54) is 16.8 Å². The molecule has 1 fully saturated rings. The molecule has 0 spiro atoms. The summed E-state index contributed by atoms with van der Waals surface area (Å²) in [5.74, 6) is 0.557. The molecule has 1 amide bonds. The van der Waals surface area contributed by atoms with Gasteiger partial charge in [-0.1, -0.05) is 48.5 Å². The maximum Gasteiger partial charge on any atom is 0.417 e. The first-order valence-electron chi connectivity index (χ1n) is 10.3. The Hall–Kier alpha value is -3.31. The molecule has 3 aromatic rings. The van der Waals surface area contributed by atoms with E-state index in [2.05, 4.69) is 65.6 Å². The van der Waals surface area contributed by atoms with Gasteiger partial charge in [-0.05, 0) is 54.9 Å². The third-order valence-electron chi connectivity index (χ3n) is 6.43. The van der Waals surface area contributed by atoms with E-state index in [-0.39, 0.29) is 11.6 Å². The third kappa shape index (κ3) is 2.85. The number of carbonyl (C=O) groups is 1. The topological polar surface area (TPSA) is 44.8 Å². The molecular formula is C25H25N3O2. The zero-order valence-electron chi connectivity index (χ0n) is 17.2. The summed E-state index contributed by atoms with van der Waals surface area (Å²) in [4.78, 5) is 17.2. The van der Waals surface area contributed by atoms with Gasteiger partial charge in [0.2, 0.25) is 0 Å². The molecule has 1 saturated heterocycles. The number of benzene rings is 3. The standard InChI is InChI=1S/C25H25N3O2/c1-27-16-15-25(18-9-5-3-6-10-18)21-17-20(13-14-22(21)28(2)23(25)27)30-24(29)26-19-11-7-4-8-12-19/h3-14,17,23H,15-16H2,1-2H3,(H,26,29)/t23-,25+/m1/s1. The van der Waals surface area contributed by atoms with Gasteiger partial charge in [-0.15, -0.1) is 0 Å². The monoisotopic (exact) mass is 399 g/mol. The summed E-state index contributed by atoms with van der Waals surface area (Å²) in [5.41, 5.74) is 4.27. The maximum absolute atomic E-state index is 12.4. The fraction of sp³-hybridized carbons (Fsp3) is 0.240. The molecule has 0 aromatic heterocycles. The van der Waals surface area contributed by atoms with Crippen molar-refractivity contribution in [1.82, 2.24) is 4.90 Å². The Morgan fingerprint density at radius 2 is 1.70 bits per heavy atom. The average molecular weight is 399 g/mol. The van der Waals surface area contributed by atoms with Gasteiger partial charge in [0.05, 0.1) is 11.6 Å². The van der Waals surface area contributed by atoms with Gasteiger partial charge in [-0.2, -0.15) is 0 Å². The minimum Gasteiger partial charge on any atom is -0.410 e. The first-order valence-corrected chi connectivity index (χ1v) is 10.3. The lowest BCUT2D eigenvalue weighted by molar-refractivity contribution is 0.215. The number of hydrogen-bond donors (Lipinski definition) is 1. The number of nitrogens with zero attached hydrogens (tertiary/aromatic N) is 2. The highest BCUT2D eigenvalue weighted by Crippen LogP contribution is 2.55. The van der Waals surface area contributed by atoms with Crippen LogP contribution in [0.3, 0.4) is 0 Å². The molecule has 1 N–H and O–H groups in total. The Bertz CT molecular complexity index is 1070. The smallest absolute Gasteiger partial charge is 0.410 e. The van der Waals surface area contributed by atoms with Crippen molar-refractivity contribution < 1.29 is 9.53 Å². The SMILES string of the molecule is CN1CC[C@]2(c3ccccc3)c3cc(OC(=O)Nc4ccccc4)ccc3N(C)[C@@H]12. The van der Waals surface area contributed by atoms with E-state index >= 15 is 0 Å². The summed E-state index contributed by atoms with van der Waals surface area (Å²) in [7, 11) is 4.33. The summed E-state index contributed by atoms with van der Waals surface area (Å²) >= 11 is 0. The quantitative estimate of drug-likeness (QED) is 0.694. The predicted octanol–water partition coefficient (Wildman–Crippen LogP) is 4.70. The number of carbonyl (C=O) groups excluding carboxylic acids is 1. The van der Waals surface area contributed by atoms with Crippen LogP contribution in [-0.2, 0) is 5.41 Å². The van der Waals surface area contributed by atoms with Crippen molar-refractivity contribution >= 4 is 17.5 Å². The number of para-hydroxylation sites is 1. The number of ether oxygens (including phenoxy) is 1. The van der Waals surface area contributed by atoms with Crippen LogP contribution in [0.25, 0.3) is 0 Å². The van der Waals surface area contributed by atoms with Gasteiger partial charge in [0.25, 0.3) is 0 Å². The number of likely N-dealkylation sites (tertiary alicyclic amines) is 1. The van der Waals surface area contributed by atoms with Crippen LogP contribution in [0.15, 0.2) is 78.9 Å². The molecule has 2 aliphatic heterocycles. The van der Waals surface area contributed by atoms with Gasteiger partial charge in [0.15, 0.2) is 0 Å².